The molecule has 0 unspecified atom stereocenters. The number of unbranched alkanes of at least 4 members (excludes halogenated alkanes) is 1. The molecule has 6 heteroatoms. The lowest BCUT2D eigenvalue weighted by Gasteiger charge is -2.18. The largest absolute Gasteiger partial charge is 0.493 e. The normalized spacial score (nSPS) is 10.0. The number of rotatable bonds is 8. The number of amides is 1. The minimum atomic E-state index is -0.135. The Balaban J connectivity index is 2.75. The fourth-order valence-corrected chi connectivity index (χ4v) is 1.78. The third-order valence-electron chi connectivity index (χ3n) is 3.07. The van der Waals surface area contributed by atoms with Gasteiger partial charge in [-0.1, -0.05) is 13.3 Å². The van der Waals surface area contributed by atoms with Gasteiger partial charge in [-0.05, 0) is 18.6 Å². The molecule has 1 aromatic carbocycles. The van der Waals surface area contributed by atoms with Gasteiger partial charge in [-0.3, -0.25) is 9.59 Å². The SMILES string of the molecule is CCCCN(C)C(=O)COc1c(N)cc(C=O)cc1OC. The highest BCUT2D eigenvalue weighted by molar-refractivity contribution is 5.81. The van der Waals surface area contributed by atoms with Crippen LogP contribution in [0.5, 0.6) is 11.5 Å². The zero-order valence-corrected chi connectivity index (χ0v) is 12.7. The number of carbonyl (C=O) groups excluding carboxylic acids is 2. The van der Waals surface area contributed by atoms with Crippen LogP contribution in [0.1, 0.15) is 30.1 Å². The van der Waals surface area contributed by atoms with Crippen molar-refractivity contribution in [2.75, 3.05) is 33.0 Å². The Hall–Kier alpha value is -2.24. The molecular weight excluding hydrogens is 272 g/mol. The van der Waals surface area contributed by atoms with Gasteiger partial charge in [0.05, 0.1) is 12.8 Å². The Kier molecular flexibility index (Phi) is 6.52. The molecule has 0 saturated heterocycles. The average molecular weight is 294 g/mol. The van der Waals surface area contributed by atoms with Crippen molar-refractivity contribution in [3.05, 3.63) is 17.7 Å². The van der Waals surface area contributed by atoms with E-state index >= 15 is 0 Å². The molecule has 0 atom stereocenters. The monoisotopic (exact) mass is 294 g/mol. The van der Waals surface area contributed by atoms with Crippen LogP contribution in [0.15, 0.2) is 12.1 Å². The van der Waals surface area contributed by atoms with Gasteiger partial charge in [0.25, 0.3) is 5.91 Å². The van der Waals surface area contributed by atoms with Crippen LogP contribution in [0.3, 0.4) is 0 Å². The summed E-state index contributed by atoms with van der Waals surface area (Å²) < 4.78 is 10.6. The molecule has 1 amide bonds. The zero-order chi connectivity index (χ0) is 15.8. The minimum absolute atomic E-state index is 0.124. The topological polar surface area (TPSA) is 81.9 Å². The number of aldehydes is 1. The lowest BCUT2D eigenvalue weighted by atomic mass is 10.2. The van der Waals surface area contributed by atoms with E-state index in [0.717, 1.165) is 12.8 Å². The molecule has 0 fully saturated rings. The molecule has 21 heavy (non-hydrogen) atoms. The average Bonchev–Trinajstić information content (AvgIpc) is 2.50. The minimum Gasteiger partial charge on any atom is -0.493 e. The fourth-order valence-electron chi connectivity index (χ4n) is 1.78. The van der Waals surface area contributed by atoms with Gasteiger partial charge in [0, 0.05) is 19.2 Å². The summed E-state index contributed by atoms with van der Waals surface area (Å²) in [5.41, 5.74) is 6.48. The Morgan fingerprint density at radius 1 is 1.43 bits per heavy atom. The number of hydrogen-bond donors (Lipinski definition) is 1. The van der Waals surface area contributed by atoms with Crippen molar-refractivity contribution in [2.45, 2.75) is 19.8 Å². The van der Waals surface area contributed by atoms with Crippen LogP contribution in [0.4, 0.5) is 5.69 Å². The number of methoxy groups -OCH3 is 1. The van der Waals surface area contributed by atoms with Crippen LogP contribution in [0, 0.1) is 0 Å². The van der Waals surface area contributed by atoms with Crippen molar-refractivity contribution in [2.24, 2.45) is 0 Å². The van der Waals surface area contributed by atoms with Crippen molar-refractivity contribution >= 4 is 17.9 Å². The number of nitrogens with two attached hydrogens (primary N) is 1. The van der Waals surface area contributed by atoms with Crippen molar-refractivity contribution in [1.29, 1.82) is 0 Å². The van der Waals surface area contributed by atoms with E-state index in [2.05, 4.69) is 6.92 Å². The molecule has 0 aliphatic heterocycles. The van der Waals surface area contributed by atoms with Crippen LogP contribution < -0.4 is 15.2 Å². The molecule has 0 aliphatic rings. The van der Waals surface area contributed by atoms with Gasteiger partial charge in [0.15, 0.2) is 18.1 Å². The summed E-state index contributed by atoms with van der Waals surface area (Å²) in [5, 5.41) is 0. The van der Waals surface area contributed by atoms with Crippen molar-refractivity contribution in [3.63, 3.8) is 0 Å². The summed E-state index contributed by atoms with van der Waals surface area (Å²) >= 11 is 0. The summed E-state index contributed by atoms with van der Waals surface area (Å²) in [5.74, 6) is 0.478. The Morgan fingerprint density at radius 3 is 2.71 bits per heavy atom. The summed E-state index contributed by atoms with van der Waals surface area (Å²) in [6.07, 6.45) is 2.64. The van der Waals surface area contributed by atoms with Crippen molar-refractivity contribution < 1.29 is 19.1 Å². The van der Waals surface area contributed by atoms with Gasteiger partial charge < -0.3 is 20.1 Å². The van der Waals surface area contributed by atoms with Crippen molar-refractivity contribution in [3.8, 4) is 11.5 Å². The van der Waals surface area contributed by atoms with Crippen LogP contribution in [-0.2, 0) is 4.79 Å². The Labute approximate surface area is 124 Å². The first-order valence-corrected chi connectivity index (χ1v) is 6.82. The first-order valence-electron chi connectivity index (χ1n) is 6.82. The molecular formula is C15H22N2O4. The van der Waals surface area contributed by atoms with Crippen LogP contribution in [-0.4, -0.2) is 44.4 Å². The number of hydrogen-bond acceptors (Lipinski definition) is 5. The molecule has 0 bridgehead atoms. The summed E-state index contributed by atoms with van der Waals surface area (Å²) in [4.78, 5) is 24.3. The van der Waals surface area contributed by atoms with E-state index in [0.29, 0.717) is 24.1 Å². The second-order valence-electron chi connectivity index (χ2n) is 4.72. The molecule has 0 heterocycles. The van der Waals surface area contributed by atoms with Crippen molar-refractivity contribution in [1.82, 2.24) is 4.90 Å². The summed E-state index contributed by atoms with van der Waals surface area (Å²) in [6.45, 7) is 2.63. The smallest absolute Gasteiger partial charge is 0.260 e. The molecule has 1 aromatic rings. The second kappa shape index (κ2) is 8.14. The first kappa shape index (κ1) is 16.8. The molecule has 0 saturated carbocycles. The van der Waals surface area contributed by atoms with Gasteiger partial charge in [-0.15, -0.1) is 0 Å². The Bertz CT molecular complexity index is 503. The third-order valence-corrected chi connectivity index (χ3v) is 3.07. The van der Waals surface area contributed by atoms with Gasteiger partial charge >= 0.3 is 0 Å². The van der Waals surface area contributed by atoms with E-state index in [-0.39, 0.29) is 24.0 Å². The number of benzene rings is 1. The van der Waals surface area contributed by atoms with Gasteiger partial charge in [0.1, 0.15) is 6.29 Å². The molecule has 0 spiro atoms. The zero-order valence-electron chi connectivity index (χ0n) is 12.7. The van der Waals surface area contributed by atoms with E-state index in [4.69, 9.17) is 15.2 Å². The maximum Gasteiger partial charge on any atom is 0.260 e. The van der Waals surface area contributed by atoms with E-state index in [1.165, 1.54) is 19.2 Å². The lowest BCUT2D eigenvalue weighted by Crippen LogP contribution is -2.32. The van der Waals surface area contributed by atoms with Gasteiger partial charge in [-0.25, -0.2) is 0 Å². The third kappa shape index (κ3) is 4.66. The standard InChI is InChI=1S/C15H22N2O4/c1-4-5-6-17(2)14(19)10-21-15-12(16)7-11(9-18)8-13(15)20-3/h7-9H,4-6,10,16H2,1-3H3. The number of nitrogens with zero attached hydrogens (tertiary/aromatic N) is 1. The van der Waals surface area contributed by atoms with E-state index in [9.17, 15) is 9.59 Å². The molecule has 6 nitrogen and oxygen atoms in total. The van der Waals surface area contributed by atoms with Gasteiger partial charge in [-0.2, -0.15) is 0 Å². The summed E-state index contributed by atoms with van der Waals surface area (Å²) in [7, 11) is 3.18. The molecule has 0 aliphatic carbocycles. The maximum absolute atomic E-state index is 11.9. The molecule has 2 N–H and O–H groups in total. The highest BCUT2D eigenvalue weighted by atomic mass is 16.5. The van der Waals surface area contributed by atoms with E-state index in [1.54, 1.807) is 11.9 Å². The van der Waals surface area contributed by atoms with E-state index in [1.807, 2.05) is 0 Å². The summed E-state index contributed by atoms with van der Waals surface area (Å²) in [6, 6.07) is 3.00. The number of ether oxygens (including phenoxy) is 2. The quantitative estimate of drug-likeness (QED) is 0.583. The molecule has 116 valence electrons. The lowest BCUT2D eigenvalue weighted by molar-refractivity contribution is -0.132. The molecule has 0 radical (unpaired) electrons. The predicted octanol–water partition coefficient (Wildman–Crippen LogP) is 1.73. The number of anilines is 1. The number of nitrogen functional groups attached to an aromatic ring is 1. The predicted molar refractivity (Wildman–Crippen MR) is 80.8 cm³/mol. The van der Waals surface area contributed by atoms with Crippen LogP contribution >= 0.6 is 0 Å². The number of carbonyl (C=O) groups is 2. The number of likely N-dealkylation sites (N-methyl/N-ethyl adjacent to an activating group) is 1. The molecule has 1 rings (SSSR count). The maximum atomic E-state index is 11.9. The highest BCUT2D eigenvalue weighted by Gasteiger charge is 2.14. The first-order chi connectivity index (χ1) is 10.0. The fraction of sp³-hybridized carbons (Fsp3) is 0.467. The molecule has 0 aromatic heterocycles. The second-order valence-corrected chi connectivity index (χ2v) is 4.72. The van der Waals surface area contributed by atoms with Gasteiger partial charge in [0.2, 0.25) is 0 Å². The highest BCUT2D eigenvalue weighted by Crippen LogP contribution is 2.34. The van der Waals surface area contributed by atoms with Crippen LogP contribution in [0.2, 0.25) is 0 Å². The van der Waals surface area contributed by atoms with E-state index < -0.39 is 0 Å². The Morgan fingerprint density at radius 2 is 2.14 bits per heavy atom. The van der Waals surface area contributed by atoms with Crippen LogP contribution in [0.25, 0.3) is 0 Å².